The van der Waals surface area contributed by atoms with E-state index in [-0.39, 0.29) is 37.4 Å². The number of amides is 4. The van der Waals surface area contributed by atoms with Gasteiger partial charge in [-0.25, -0.2) is 9.69 Å². The number of aryl methyl sites for hydroxylation is 1. The van der Waals surface area contributed by atoms with Gasteiger partial charge in [0.2, 0.25) is 11.5 Å². The Hall–Kier alpha value is -3.76. The maximum Gasteiger partial charge on any atom is 0.418 e. The number of nitrogens with zero attached hydrogens (tertiary/aromatic N) is 2. The molecule has 0 bridgehead atoms. The van der Waals surface area contributed by atoms with Gasteiger partial charge in [0.1, 0.15) is 6.54 Å². The average Bonchev–Trinajstić information content (AvgIpc) is 3.59. The van der Waals surface area contributed by atoms with Crippen molar-refractivity contribution in [2.75, 3.05) is 18.5 Å². The summed E-state index contributed by atoms with van der Waals surface area (Å²) in [5, 5.41) is 2.85. The fourth-order valence-electron chi connectivity index (χ4n) is 6.07. The van der Waals surface area contributed by atoms with Gasteiger partial charge >= 0.3 is 6.09 Å². The number of benzene rings is 2. The van der Waals surface area contributed by atoms with Gasteiger partial charge in [-0.1, -0.05) is 36.4 Å². The molecular formula is C31H35N3O7. The van der Waals surface area contributed by atoms with Crippen LogP contribution >= 0.6 is 0 Å². The van der Waals surface area contributed by atoms with Crippen LogP contribution in [-0.2, 0) is 47.2 Å². The van der Waals surface area contributed by atoms with Crippen LogP contribution in [0, 0.1) is 5.92 Å². The summed E-state index contributed by atoms with van der Waals surface area (Å²) < 4.78 is 16.9. The van der Waals surface area contributed by atoms with Crippen molar-refractivity contribution in [3.05, 3.63) is 65.2 Å². The Morgan fingerprint density at radius 3 is 2.56 bits per heavy atom. The fraction of sp³-hybridized carbons (Fsp3) is 0.484. The van der Waals surface area contributed by atoms with Gasteiger partial charge in [0.15, 0.2) is 11.9 Å². The lowest BCUT2D eigenvalue weighted by molar-refractivity contribution is -0.150. The van der Waals surface area contributed by atoms with Gasteiger partial charge in [0.25, 0.3) is 11.8 Å². The topological polar surface area (TPSA) is 114 Å². The molecule has 0 aromatic heterocycles. The van der Waals surface area contributed by atoms with Crippen LogP contribution in [0.4, 0.5) is 10.5 Å². The van der Waals surface area contributed by atoms with E-state index < -0.39 is 29.5 Å². The molecule has 3 atom stereocenters. The van der Waals surface area contributed by atoms with Crippen molar-refractivity contribution in [2.45, 2.75) is 76.5 Å². The number of hydrogen-bond donors (Lipinski definition) is 1. The summed E-state index contributed by atoms with van der Waals surface area (Å²) >= 11 is 0. The summed E-state index contributed by atoms with van der Waals surface area (Å²) in [6.07, 6.45) is 1.34. The van der Waals surface area contributed by atoms with Crippen LogP contribution in [0.2, 0.25) is 0 Å². The fourth-order valence-corrected chi connectivity index (χ4v) is 6.07. The first-order chi connectivity index (χ1) is 19.6. The molecular weight excluding hydrogens is 526 g/mol. The first kappa shape index (κ1) is 27.4. The van der Waals surface area contributed by atoms with Gasteiger partial charge in [-0.2, -0.15) is 0 Å². The summed E-state index contributed by atoms with van der Waals surface area (Å²) in [4.78, 5) is 55.7. The molecule has 10 heteroatoms. The van der Waals surface area contributed by atoms with Crippen LogP contribution in [0.25, 0.3) is 0 Å². The van der Waals surface area contributed by atoms with Crippen molar-refractivity contribution < 1.29 is 33.4 Å². The minimum atomic E-state index is -1.46. The normalized spacial score (nSPS) is 25.2. The Kier molecular flexibility index (Phi) is 6.86. The highest BCUT2D eigenvalue weighted by atomic mass is 16.7. The van der Waals surface area contributed by atoms with Gasteiger partial charge < -0.3 is 24.4 Å². The molecule has 4 amide bonds. The van der Waals surface area contributed by atoms with E-state index in [2.05, 4.69) is 5.32 Å². The third-order valence-electron chi connectivity index (χ3n) is 8.53. The van der Waals surface area contributed by atoms with Crippen LogP contribution in [0.3, 0.4) is 0 Å². The molecule has 216 valence electrons. The maximum absolute atomic E-state index is 13.7. The number of hydrogen-bond acceptors (Lipinski definition) is 7. The molecule has 2 unspecified atom stereocenters. The van der Waals surface area contributed by atoms with E-state index in [1.807, 2.05) is 37.3 Å². The number of carbonyl (C=O) groups is 4. The van der Waals surface area contributed by atoms with Gasteiger partial charge in [0.05, 0.1) is 6.61 Å². The number of ether oxygens (including phenoxy) is 3. The van der Waals surface area contributed by atoms with Crippen LogP contribution in [0.1, 0.15) is 56.7 Å². The zero-order chi connectivity index (χ0) is 28.9. The minimum Gasteiger partial charge on any atom is -0.427 e. The molecule has 2 aliphatic carbocycles. The lowest BCUT2D eigenvalue weighted by Crippen LogP contribution is -2.47. The number of fused-ring (bicyclic) bond motifs is 2. The van der Waals surface area contributed by atoms with E-state index in [1.54, 1.807) is 36.9 Å². The molecule has 1 spiro atoms. The smallest absolute Gasteiger partial charge is 0.418 e. The van der Waals surface area contributed by atoms with Crippen molar-refractivity contribution >= 4 is 29.5 Å². The van der Waals surface area contributed by atoms with E-state index >= 15 is 0 Å². The van der Waals surface area contributed by atoms with Crippen molar-refractivity contribution in [1.29, 1.82) is 0 Å². The molecule has 41 heavy (non-hydrogen) atoms. The second kappa shape index (κ2) is 10.3. The third kappa shape index (κ3) is 5.22. The number of nitrogens with one attached hydrogen (secondary N) is 1. The molecule has 2 aliphatic heterocycles. The van der Waals surface area contributed by atoms with Gasteiger partial charge in [-0.3, -0.25) is 14.4 Å². The number of rotatable bonds is 8. The largest absolute Gasteiger partial charge is 0.427 e. The lowest BCUT2D eigenvalue weighted by Gasteiger charge is -2.30. The standard InChI is InChI=1S/C31H35N3O7/c1-19(21-9-10-21)33(16-20-7-5-4-6-8-20)26(35)17-34-28(37)31(41-29(34)38)14-13-22-15-23(11-12-24(22)31)32-27(36)25-18-39-30(2,3)40-25/h4-8,11-12,15,19,21,25H,9-10,13-14,16-18H2,1-3H3,(H,32,36)/t19-,25?,31?/m0/s1. The van der Waals surface area contributed by atoms with Gasteiger partial charge in [-0.15, -0.1) is 0 Å². The highest BCUT2D eigenvalue weighted by Gasteiger charge is 2.58. The molecule has 0 radical (unpaired) electrons. The van der Waals surface area contributed by atoms with E-state index in [4.69, 9.17) is 14.2 Å². The summed E-state index contributed by atoms with van der Waals surface area (Å²) in [6.45, 7) is 5.73. The van der Waals surface area contributed by atoms with E-state index in [0.717, 1.165) is 28.9 Å². The van der Waals surface area contributed by atoms with E-state index in [9.17, 15) is 19.2 Å². The first-order valence-corrected chi connectivity index (χ1v) is 14.2. The quantitative estimate of drug-likeness (QED) is 0.523. The second-order valence-electron chi connectivity index (χ2n) is 11.9. The average molecular weight is 562 g/mol. The number of anilines is 1. The van der Waals surface area contributed by atoms with E-state index in [0.29, 0.717) is 30.1 Å². The molecule has 6 rings (SSSR count). The highest BCUT2D eigenvalue weighted by Crippen LogP contribution is 2.46. The molecule has 2 aromatic rings. The van der Waals surface area contributed by atoms with Crippen LogP contribution in [-0.4, -0.2) is 64.7 Å². The van der Waals surface area contributed by atoms with Crippen molar-refractivity contribution in [2.24, 2.45) is 5.92 Å². The highest BCUT2D eigenvalue weighted by molar-refractivity contribution is 6.06. The predicted molar refractivity (Wildman–Crippen MR) is 147 cm³/mol. The van der Waals surface area contributed by atoms with Crippen molar-refractivity contribution in [1.82, 2.24) is 9.80 Å². The van der Waals surface area contributed by atoms with Gasteiger partial charge in [-0.05, 0) is 69.2 Å². The summed E-state index contributed by atoms with van der Waals surface area (Å²) in [5.74, 6) is -1.53. The lowest BCUT2D eigenvalue weighted by atomic mass is 9.94. The molecule has 4 aliphatic rings. The zero-order valence-corrected chi connectivity index (χ0v) is 23.6. The molecule has 2 saturated heterocycles. The van der Waals surface area contributed by atoms with Crippen molar-refractivity contribution in [3.63, 3.8) is 0 Å². The Morgan fingerprint density at radius 1 is 1.12 bits per heavy atom. The maximum atomic E-state index is 13.7. The molecule has 1 saturated carbocycles. The van der Waals surface area contributed by atoms with Crippen LogP contribution in [0.15, 0.2) is 48.5 Å². The summed E-state index contributed by atoms with van der Waals surface area (Å²) in [7, 11) is 0. The molecule has 3 fully saturated rings. The SMILES string of the molecule is C[C@@H](C1CC1)N(Cc1ccccc1)C(=O)CN1C(=O)OC2(CCc3cc(NC(=O)C4COC(C)(C)O4)ccc32)C1=O. The third-order valence-corrected chi connectivity index (χ3v) is 8.53. The van der Waals surface area contributed by atoms with Gasteiger partial charge in [0, 0.05) is 30.3 Å². The Balaban J connectivity index is 1.16. The Bertz CT molecular complexity index is 1390. The number of imide groups is 1. The monoisotopic (exact) mass is 561 g/mol. The Labute approximate surface area is 238 Å². The zero-order valence-electron chi connectivity index (χ0n) is 23.6. The molecule has 2 aromatic carbocycles. The second-order valence-corrected chi connectivity index (χ2v) is 11.9. The van der Waals surface area contributed by atoms with Crippen molar-refractivity contribution in [3.8, 4) is 0 Å². The molecule has 2 heterocycles. The Morgan fingerprint density at radius 2 is 1.88 bits per heavy atom. The van der Waals surface area contributed by atoms with E-state index in [1.165, 1.54) is 0 Å². The number of carbonyl (C=O) groups excluding carboxylic acids is 4. The first-order valence-electron chi connectivity index (χ1n) is 14.2. The molecule has 1 N–H and O–H groups in total. The summed E-state index contributed by atoms with van der Waals surface area (Å²) in [5.41, 5.74) is 1.46. The molecule has 10 nitrogen and oxygen atoms in total. The van der Waals surface area contributed by atoms with Crippen LogP contribution in [0.5, 0.6) is 0 Å². The minimum absolute atomic E-state index is 0.00139. The van der Waals surface area contributed by atoms with Crippen LogP contribution < -0.4 is 5.32 Å². The predicted octanol–water partition coefficient (Wildman–Crippen LogP) is 3.72. The summed E-state index contributed by atoms with van der Waals surface area (Å²) in [6, 6.07) is 14.9.